The van der Waals surface area contributed by atoms with E-state index in [1.807, 2.05) is 9.58 Å². The highest BCUT2D eigenvalue weighted by molar-refractivity contribution is 6.34. The summed E-state index contributed by atoms with van der Waals surface area (Å²) in [4.78, 5) is 28.9. The van der Waals surface area contributed by atoms with Crippen molar-refractivity contribution in [1.82, 2.24) is 19.6 Å². The second kappa shape index (κ2) is 9.27. The van der Waals surface area contributed by atoms with Crippen LogP contribution in [0.3, 0.4) is 0 Å². The van der Waals surface area contributed by atoms with Crippen molar-refractivity contribution >= 4 is 35.2 Å². The van der Waals surface area contributed by atoms with Crippen molar-refractivity contribution in [2.75, 3.05) is 19.6 Å². The Morgan fingerprint density at radius 3 is 2.33 bits per heavy atom. The molecule has 0 N–H and O–H groups in total. The number of hydrogen-bond acceptors (Lipinski definition) is 4. The molecule has 4 rings (SSSR count). The van der Waals surface area contributed by atoms with E-state index in [4.69, 9.17) is 27.9 Å². The van der Waals surface area contributed by atoms with Crippen LogP contribution in [0.4, 0.5) is 4.79 Å². The summed E-state index contributed by atoms with van der Waals surface area (Å²) < 4.78 is 7.30. The van der Waals surface area contributed by atoms with Gasteiger partial charge in [-0.15, -0.1) is 0 Å². The van der Waals surface area contributed by atoms with Gasteiger partial charge >= 0.3 is 6.09 Å². The summed E-state index contributed by atoms with van der Waals surface area (Å²) in [5, 5.41) is 5.51. The Labute approximate surface area is 185 Å². The summed E-state index contributed by atoms with van der Waals surface area (Å²) in [5.74, 6) is -0.0257. The number of rotatable bonds is 3. The number of ether oxygens (including phenoxy) is 1. The van der Waals surface area contributed by atoms with E-state index in [0.29, 0.717) is 35.4 Å². The molecule has 0 radical (unpaired) electrons. The maximum absolute atomic E-state index is 12.8. The van der Waals surface area contributed by atoms with E-state index in [2.05, 4.69) is 5.10 Å². The van der Waals surface area contributed by atoms with Gasteiger partial charge in [-0.05, 0) is 55.5 Å². The monoisotopic (exact) mass is 450 g/mol. The predicted octanol–water partition coefficient (Wildman–Crippen LogP) is 4.36. The highest BCUT2D eigenvalue weighted by Crippen LogP contribution is 2.21. The third kappa shape index (κ3) is 4.90. The molecule has 30 heavy (non-hydrogen) atoms. The van der Waals surface area contributed by atoms with Crippen molar-refractivity contribution in [2.24, 2.45) is 0 Å². The molecule has 0 aliphatic carbocycles. The van der Waals surface area contributed by atoms with Gasteiger partial charge in [0.05, 0.1) is 12.2 Å². The summed E-state index contributed by atoms with van der Waals surface area (Å²) in [6, 6.07) is 6.87. The zero-order chi connectivity index (χ0) is 21.1. The van der Waals surface area contributed by atoms with Crippen LogP contribution in [-0.2, 0) is 24.4 Å². The molecule has 2 aromatic rings. The number of aromatic nitrogens is 2. The number of fused-ring (bicyclic) bond motifs is 1. The van der Waals surface area contributed by atoms with E-state index < -0.39 is 6.09 Å². The maximum Gasteiger partial charge on any atom is 0.410 e. The summed E-state index contributed by atoms with van der Waals surface area (Å²) in [6.45, 7) is 3.24. The quantitative estimate of drug-likeness (QED) is 0.696. The van der Waals surface area contributed by atoms with Crippen molar-refractivity contribution in [2.45, 2.75) is 45.4 Å². The molecule has 2 amide bonds. The zero-order valence-electron chi connectivity index (χ0n) is 16.6. The van der Waals surface area contributed by atoms with Crippen LogP contribution in [0.25, 0.3) is 0 Å². The average Bonchev–Trinajstić information content (AvgIpc) is 3.02. The lowest BCUT2D eigenvalue weighted by Crippen LogP contribution is -2.36. The van der Waals surface area contributed by atoms with Crippen LogP contribution >= 0.6 is 23.2 Å². The van der Waals surface area contributed by atoms with Gasteiger partial charge in [-0.2, -0.15) is 5.10 Å². The lowest BCUT2D eigenvalue weighted by Gasteiger charge is -2.25. The molecular weight excluding hydrogens is 427 g/mol. The normalized spacial score (nSPS) is 16.7. The van der Waals surface area contributed by atoms with Crippen molar-refractivity contribution in [3.63, 3.8) is 0 Å². The molecule has 9 heteroatoms. The minimum atomic E-state index is -0.412. The molecule has 1 fully saturated rings. The summed E-state index contributed by atoms with van der Waals surface area (Å²) in [6.07, 6.45) is 3.57. The summed E-state index contributed by atoms with van der Waals surface area (Å²) >= 11 is 12.0. The molecule has 0 atom stereocenters. The van der Waals surface area contributed by atoms with Crippen LogP contribution in [-0.4, -0.2) is 51.2 Å². The summed E-state index contributed by atoms with van der Waals surface area (Å²) in [5.41, 5.74) is 2.03. The van der Waals surface area contributed by atoms with Crippen LogP contribution in [0.2, 0.25) is 10.0 Å². The molecule has 0 unspecified atom stereocenters. The molecule has 3 heterocycles. The molecule has 7 nitrogen and oxygen atoms in total. The zero-order valence-corrected chi connectivity index (χ0v) is 18.2. The van der Waals surface area contributed by atoms with Crippen molar-refractivity contribution in [1.29, 1.82) is 0 Å². The van der Waals surface area contributed by atoms with E-state index in [1.165, 1.54) is 6.42 Å². The van der Waals surface area contributed by atoms with Gasteiger partial charge in [-0.3, -0.25) is 9.48 Å². The van der Waals surface area contributed by atoms with Gasteiger partial charge in [0.15, 0.2) is 5.69 Å². The number of carbonyl (C=O) groups excluding carboxylic acids is 2. The number of aryl methyl sites for hydroxylation is 1. The first kappa shape index (κ1) is 21.0. The van der Waals surface area contributed by atoms with Gasteiger partial charge in [-0.1, -0.05) is 23.2 Å². The van der Waals surface area contributed by atoms with Gasteiger partial charge in [0.1, 0.15) is 6.61 Å². The molecule has 1 aromatic carbocycles. The Morgan fingerprint density at radius 2 is 1.60 bits per heavy atom. The molecule has 1 saturated heterocycles. The van der Waals surface area contributed by atoms with Crippen LogP contribution in [0, 0.1) is 0 Å². The topological polar surface area (TPSA) is 67.7 Å². The van der Waals surface area contributed by atoms with Crippen molar-refractivity contribution in [3.05, 3.63) is 51.3 Å². The van der Waals surface area contributed by atoms with Gasteiger partial charge in [0, 0.05) is 36.2 Å². The van der Waals surface area contributed by atoms with Crippen molar-refractivity contribution < 1.29 is 14.3 Å². The molecule has 2 aliphatic heterocycles. The van der Waals surface area contributed by atoms with Gasteiger partial charge in [-0.25, -0.2) is 4.79 Å². The Balaban J connectivity index is 1.40. The van der Waals surface area contributed by atoms with Gasteiger partial charge in [0.25, 0.3) is 5.91 Å². The number of amides is 2. The van der Waals surface area contributed by atoms with Crippen LogP contribution in [0.5, 0.6) is 0 Å². The number of carbonyl (C=O) groups is 2. The molecule has 0 bridgehead atoms. The van der Waals surface area contributed by atoms with Crippen LogP contribution in [0.1, 0.15) is 47.4 Å². The maximum atomic E-state index is 12.8. The van der Waals surface area contributed by atoms with E-state index >= 15 is 0 Å². The Kier molecular flexibility index (Phi) is 6.49. The first-order valence-electron chi connectivity index (χ1n) is 10.2. The highest BCUT2D eigenvalue weighted by Gasteiger charge is 2.26. The average molecular weight is 451 g/mol. The number of halogens is 2. The lowest BCUT2D eigenvalue weighted by atomic mass is 10.1. The largest absolute Gasteiger partial charge is 0.445 e. The molecule has 0 spiro atoms. The smallest absolute Gasteiger partial charge is 0.410 e. The lowest BCUT2D eigenvalue weighted by molar-refractivity contribution is 0.0717. The minimum Gasteiger partial charge on any atom is -0.445 e. The van der Waals surface area contributed by atoms with E-state index in [-0.39, 0.29) is 12.5 Å². The fourth-order valence-corrected chi connectivity index (χ4v) is 4.48. The first-order chi connectivity index (χ1) is 14.5. The third-order valence-corrected chi connectivity index (χ3v) is 5.86. The Hall–Kier alpha value is -2.25. The van der Waals surface area contributed by atoms with Gasteiger partial charge in [0.2, 0.25) is 0 Å². The van der Waals surface area contributed by atoms with E-state index in [0.717, 1.165) is 43.6 Å². The highest BCUT2D eigenvalue weighted by atomic mass is 35.5. The SMILES string of the molecule is O=C(OCc1cc(Cl)cc(Cl)c1)N1CCCn2nc(C(=O)N3CCCCC3)cc2C1. The Morgan fingerprint density at radius 1 is 0.900 bits per heavy atom. The second-order valence-electron chi connectivity index (χ2n) is 7.70. The minimum absolute atomic E-state index is 0.0257. The van der Waals surface area contributed by atoms with Crippen molar-refractivity contribution in [3.8, 4) is 0 Å². The number of benzene rings is 1. The van der Waals surface area contributed by atoms with Gasteiger partial charge < -0.3 is 14.5 Å². The molecule has 1 aromatic heterocycles. The fourth-order valence-electron chi connectivity index (χ4n) is 3.91. The number of piperidine rings is 1. The van der Waals surface area contributed by atoms with Crippen LogP contribution < -0.4 is 0 Å². The standard InChI is InChI=1S/C21H24Cl2N4O3/c22-16-9-15(10-17(23)11-16)14-30-21(29)26-7-4-8-27-18(13-26)12-19(24-27)20(28)25-5-2-1-3-6-25/h9-12H,1-8,13-14H2. The number of nitrogens with zero attached hydrogens (tertiary/aromatic N) is 4. The molecule has 160 valence electrons. The Bertz CT molecular complexity index is 920. The first-order valence-corrected chi connectivity index (χ1v) is 11.0. The second-order valence-corrected chi connectivity index (χ2v) is 8.58. The van der Waals surface area contributed by atoms with E-state index in [9.17, 15) is 9.59 Å². The number of hydrogen-bond donors (Lipinski definition) is 0. The number of likely N-dealkylation sites (tertiary alicyclic amines) is 1. The van der Waals surface area contributed by atoms with E-state index in [1.54, 1.807) is 29.2 Å². The summed E-state index contributed by atoms with van der Waals surface area (Å²) in [7, 11) is 0. The predicted molar refractivity (Wildman–Crippen MR) is 114 cm³/mol. The molecule has 2 aliphatic rings. The molecule has 0 saturated carbocycles. The third-order valence-electron chi connectivity index (χ3n) is 5.42. The van der Waals surface area contributed by atoms with Crippen LogP contribution in [0.15, 0.2) is 24.3 Å². The molecular formula is C21H24Cl2N4O3. The fraction of sp³-hybridized carbons (Fsp3) is 0.476.